The van der Waals surface area contributed by atoms with Gasteiger partial charge in [0.1, 0.15) is 0 Å². The van der Waals surface area contributed by atoms with Gasteiger partial charge in [-0.2, -0.15) is 18.3 Å². The third-order valence-electron chi connectivity index (χ3n) is 8.28. The van der Waals surface area contributed by atoms with Gasteiger partial charge in [-0.25, -0.2) is 4.98 Å². The van der Waals surface area contributed by atoms with E-state index >= 15 is 0 Å². The molecule has 2 aliphatic heterocycles. The number of H-pyrrole nitrogens is 2. The second-order valence-corrected chi connectivity index (χ2v) is 12.1. The number of carbonyl (C=O) groups excluding carboxylic acids is 4. The molecule has 0 spiro atoms. The summed E-state index contributed by atoms with van der Waals surface area (Å²) in [6, 6.07) is 4.42. The van der Waals surface area contributed by atoms with Crippen LogP contribution in [-0.2, 0) is 28.6 Å². The zero-order chi connectivity index (χ0) is 33.9. The smallest absolute Gasteiger partial charge is 0.348 e. The highest BCUT2D eigenvalue weighted by atomic mass is 35.5. The number of amides is 4. The summed E-state index contributed by atoms with van der Waals surface area (Å²) in [5.74, 6) is -1.42. The maximum Gasteiger partial charge on any atom is 0.435 e. The minimum absolute atomic E-state index is 0.00786. The second kappa shape index (κ2) is 14.1. The molecule has 2 aromatic heterocycles. The van der Waals surface area contributed by atoms with Crippen molar-refractivity contribution >= 4 is 40.9 Å². The number of likely N-dealkylation sites (N-methyl/N-ethyl adjacent to an activating group) is 1. The summed E-state index contributed by atoms with van der Waals surface area (Å²) in [4.78, 5) is 62.6. The van der Waals surface area contributed by atoms with E-state index < -0.39 is 23.7 Å². The van der Waals surface area contributed by atoms with Gasteiger partial charge in [0.15, 0.2) is 11.5 Å². The summed E-state index contributed by atoms with van der Waals surface area (Å²) in [6.07, 6.45) is -2.54. The van der Waals surface area contributed by atoms with Crippen LogP contribution < -0.4 is 10.6 Å². The van der Waals surface area contributed by atoms with Crippen LogP contribution in [0.15, 0.2) is 24.4 Å². The van der Waals surface area contributed by atoms with Crippen LogP contribution in [-0.4, -0.2) is 112 Å². The fourth-order valence-electron chi connectivity index (χ4n) is 5.62. The minimum Gasteiger partial charge on any atom is -0.348 e. The summed E-state index contributed by atoms with van der Waals surface area (Å²) in [7, 11) is 2.98. The number of hydrogen-bond acceptors (Lipinski definition) is 7. The maximum absolute atomic E-state index is 13.6. The van der Waals surface area contributed by atoms with Crippen LogP contribution in [0.4, 0.5) is 18.9 Å². The van der Waals surface area contributed by atoms with Gasteiger partial charge >= 0.3 is 6.18 Å². The highest BCUT2D eigenvalue weighted by Gasteiger charge is 2.38. The van der Waals surface area contributed by atoms with Crippen LogP contribution >= 0.6 is 11.6 Å². The van der Waals surface area contributed by atoms with E-state index in [4.69, 9.17) is 11.6 Å². The van der Waals surface area contributed by atoms with Crippen molar-refractivity contribution in [3.8, 4) is 0 Å². The Kier molecular flexibility index (Phi) is 10.2. The van der Waals surface area contributed by atoms with E-state index in [0.717, 1.165) is 25.9 Å². The number of halogens is 4. The zero-order valence-electron chi connectivity index (χ0n) is 25.8. The molecule has 0 aliphatic carbocycles. The Labute approximate surface area is 273 Å². The molecule has 2 fully saturated rings. The van der Waals surface area contributed by atoms with E-state index in [1.165, 1.54) is 43.4 Å². The molecule has 0 saturated carbocycles. The van der Waals surface area contributed by atoms with Crippen molar-refractivity contribution in [2.75, 3.05) is 58.7 Å². The lowest BCUT2D eigenvalue weighted by Crippen LogP contribution is -2.52. The monoisotopic (exact) mass is 677 g/mol. The normalized spacial score (nSPS) is 15.9. The predicted molar refractivity (Wildman–Crippen MR) is 165 cm³/mol. The number of benzene rings is 1. The number of piperidine rings is 1. The molecule has 3 aromatic rings. The number of aromatic amines is 2. The molecule has 47 heavy (non-hydrogen) atoms. The number of nitrogens with zero attached hydrogens (tertiary/aromatic N) is 5. The molecule has 0 radical (unpaired) electrons. The van der Waals surface area contributed by atoms with Crippen LogP contribution in [0.5, 0.6) is 0 Å². The van der Waals surface area contributed by atoms with Crippen LogP contribution in [0, 0.1) is 5.92 Å². The molecule has 2 aliphatic rings. The SMILES string of the molecule is CN(C)C(=O)Cc1[nH]nc(C(F)(F)F)c1Cc1cnc(C(=O)Nc2ccc(C(=O)N3CCN(C(=O)C4CCNCC4)CC3)c(Cl)c2)[nH]1. The van der Waals surface area contributed by atoms with Crippen molar-refractivity contribution < 1.29 is 32.3 Å². The quantitative estimate of drug-likeness (QED) is 0.285. The molecule has 2 saturated heterocycles. The number of imidazole rings is 1. The predicted octanol–water partition coefficient (Wildman–Crippen LogP) is 2.56. The van der Waals surface area contributed by atoms with Gasteiger partial charge in [0.2, 0.25) is 11.8 Å². The fraction of sp³-hybridized carbons (Fsp3) is 0.467. The molecule has 13 nitrogen and oxygen atoms in total. The van der Waals surface area contributed by atoms with Gasteiger partial charge in [-0.15, -0.1) is 0 Å². The van der Waals surface area contributed by atoms with Gasteiger partial charge in [0, 0.05) is 81.4 Å². The molecule has 0 bridgehead atoms. The van der Waals surface area contributed by atoms with E-state index in [-0.39, 0.29) is 69.6 Å². The molecule has 0 unspecified atom stereocenters. The summed E-state index contributed by atoms with van der Waals surface area (Å²) in [6.45, 7) is 3.29. The van der Waals surface area contributed by atoms with E-state index in [1.54, 1.807) is 4.90 Å². The van der Waals surface area contributed by atoms with E-state index in [9.17, 15) is 32.3 Å². The van der Waals surface area contributed by atoms with Gasteiger partial charge in [-0.05, 0) is 44.1 Å². The van der Waals surface area contributed by atoms with Gasteiger partial charge in [-0.1, -0.05) is 11.6 Å². The first-order valence-electron chi connectivity index (χ1n) is 15.1. The molecule has 0 atom stereocenters. The molecule has 1 aromatic carbocycles. The van der Waals surface area contributed by atoms with Crippen LogP contribution in [0.1, 0.15) is 56.5 Å². The molecule has 4 amide bonds. The number of alkyl halides is 3. The van der Waals surface area contributed by atoms with Crippen molar-refractivity contribution in [1.29, 1.82) is 0 Å². The Morgan fingerprint density at radius 1 is 1.06 bits per heavy atom. The van der Waals surface area contributed by atoms with E-state index in [2.05, 4.69) is 30.8 Å². The summed E-state index contributed by atoms with van der Waals surface area (Å²) in [5.41, 5.74) is -0.676. The molecule has 4 heterocycles. The number of nitrogens with one attached hydrogen (secondary N) is 4. The molecular formula is C30H35ClF3N9O4. The van der Waals surface area contributed by atoms with Crippen molar-refractivity contribution in [1.82, 2.24) is 40.2 Å². The summed E-state index contributed by atoms with van der Waals surface area (Å²) < 4.78 is 40.9. The van der Waals surface area contributed by atoms with Crippen LogP contribution in [0.2, 0.25) is 5.02 Å². The lowest BCUT2D eigenvalue weighted by Gasteiger charge is -2.37. The minimum atomic E-state index is -4.77. The van der Waals surface area contributed by atoms with Crippen molar-refractivity contribution in [2.24, 2.45) is 5.92 Å². The number of piperazine rings is 1. The number of carbonyl (C=O) groups is 4. The average Bonchev–Trinajstić information content (AvgIpc) is 3.68. The topological polar surface area (TPSA) is 159 Å². The van der Waals surface area contributed by atoms with Crippen molar-refractivity contribution in [2.45, 2.75) is 31.9 Å². The maximum atomic E-state index is 13.6. The molecule has 252 valence electrons. The first kappa shape index (κ1) is 33.9. The van der Waals surface area contributed by atoms with Crippen LogP contribution in [0.3, 0.4) is 0 Å². The number of rotatable bonds is 8. The highest BCUT2D eigenvalue weighted by Crippen LogP contribution is 2.33. The van der Waals surface area contributed by atoms with Gasteiger partial charge in [0.05, 0.1) is 17.0 Å². The van der Waals surface area contributed by atoms with E-state index in [1.807, 2.05) is 4.90 Å². The first-order chi connectivity index (χ1) is 22.3. The Hall–Kier alpha value is -4.44. The standard InChI is InChI=1S/C30H35ClF3N9O4/c1-41(2)24(44)15-23-21(25(40-39-23)30(32,33)34)13-19-16-36-26(37-19)27(45)38-18-3-4-20(22(31)14-18)29(47)43-11-9-42(10-12-43)28(46)17-5-7-35-8-6-17/h3-4,14,16-17,35H,5-13,15H2,1-2H3,(H,36,37)(H,38,45)(H,39,40). The molecular weight excluding hydrogens is 643 g/mol. The Morgan fingerprint density at radius 3 is 2.38 bits per heavy atom. The lowest BCUT2D eigenvalue weighted by atomic mass is 9.96. The third kappa shape index (κ3) is 7.93. The van der Waals surface area contributed by atoms with Gasteiger partial charge in [0.25, 0.3) is 11.8 Å². The van der Waals surface area contributed by atoms with Gasteiger partial charge < -0.3 is 30.3 Å². The molecule has 17 heteroatoms. The van der Waals surface area contributed by atoms with Crippen LogP contribution in [0.25, 0.3) is 0 Å². The second-order valence-electron chi connectivity index (χ2n) is 11.7. The largest absolute Gasteiger partial charge is 0.435 e. The third-order valence-corrected chi connectivity index (χ3v) is 8.60. The van der Waals surface area contributed by atoms with Crippen molar-refractivity contribution in [3.63, 3.8) is 0 Å². The Morgan fingerprint density at radius 2 is 1.74 bits per heavy atom. The Balaban J connectivity index is 1.20. The van der Waals surface area contributed by atoms with E-state index in [0.29, 0.717) is 26.2 Å². The first-order valence-corrected chi connectivity index (χ1v) is 15.5. The Bertz CT molecular complexity index is 1640. The summed E-state index contributed by atoms with van der Waals surface area (Å²) in [5, 5.41) is 11.7. The zero-order valence-corrected chi connectivity index (χ0v) is 26.6. The lowest BCUT2D eigenvalue weighted by molar-refractivity contribution is -0.142. The molecule has 4 N–H and O–H groups in total. The highest BCUT2D eigenvalue weighted by molar-refractivity contribution is 6.34. The molecule has 5 rings (SSSR count). The van der Waals surface area contributed by atoms with Crippen molar-refractivity contribution in [3.05, 3.63) is 63.5 Å². The number of anilines is 1. The average molecular weight is 678 g/mol. The summed E-state index contributed by atoms with van der Waals surface area (Å²) >= 11 is 6.44. The number of hydrogen-bond donors (Lipinski definition) is 4. The van der Waals surface area contributed by atoms with Gasteiger partial charge in [-0.3, -0.25) is 24.3 Å². The fourth-order valence-corrected chi connectivity index (χ4v) is 5.88. The number of aromatic nitrogens is 4.